The number of methoxy groups -OCH3 is 1. The highest BCUT2D eigenvalue weighted by Gasteiger charge is 2.09. The quantitative estimate of drug-likeness (QED) is 0.467. The predicted molar refractivity (Wildman–Crippen MR) is 105 cm³/mol. The Hall–Kier alpha value is -3.34. The Morgan fingerprint density at radius 2 is 1.93 bits per heavy atom. The van der Waals surface area contributed by atoms with Crippen molar-refractivity contribution < 1.29 is 14.3 Å². The summed E-state index contributed by atoms with van der Waals surface area (Å²) in [7, 11) is 3.39. The first-order chi connectivity index (χ1) is 13.1. The van der Waals surface area contributed by atoms with Crippen molar-refractivity contribution in [2.45, 2.75) is 13.5 Å². The Bertz CT molecular complexity index is 959. The van der Waals surface area contributed by atoms with Crippen LogP contribution in [0.2, 0.25) is 0 Å². The number of hydrogen-bond acceptors (Lipinski definition) is 4. The van der Waals surface area contributed by atoms with Crippen LogP contribution < -0.4 is 9.47 Å². The average Bonchev–Trinajstić information content (AvgIpc) is 3.03. The normalized spacial score (nSPS) is 10.9. The van der Waals surface area contributed by atoms with E-state index in [0.717, 1.165) is 28.3 Å². The van der Waals surface area contributed by atoms with Gasteiger partial charge in [-0.3, -0.25) is 9.48 Å². The van der Waals surface area contributed by atoms with Gasteiger partial charge in [0.2, 0.25) is 5.78 Å². The second-order valence-electron chi connectivity index (χ2n) is 6.17. The Labute approximate surface area is 158 Å². The molecule has 2 aromatic carbocycles. The van der Waals surface area contributed by atoms with Gasteiger partial charge in [0.25, 0.3) is 0 Å². The Balaban J connectivity index is 1.76. The highest BCUT2D eigenvalue weighted by molar-refractivity contribution is 6.05. The van der Waals surface area contributed by atoms with Gasteiger partial charge in [-0.1, -0.05) is 30.3 Å². The minimum Gasteiger partial charge on any atom is -0.496 e. The Morgan fingerprint density at radius 1 is 1.15 bits per heavy atom. The lowest BCUT2D eigenvalue weighted by molar-refractivity contribution is 0.103. The van der Waals surface area contributed by atoms with Crippen LogP contribution in [0.5, 0.6) is 11.5 Å². The Kier molecular flexibility index (Phi) is 5.71. The molecule has 0 unspecified atom stereocenters. The molecule has 138 valence electrons. The zero-order valence-electron chi connectivity index (χ0n) is 15.7. The van der Waals surface area contributed by atoms with E-state index in [1.54, 1.807) is 37.1 Å². The standard InChI is InChI=1S/C22H22N2O3/c1-16-13-20(24(2)23-16)21(25)11-9-17-10-12-22(26-3)18(14-17)15-27-19-7-5-4-6-8-19/h4-14H,15H2,1-3H3/b11-9+. The molecule has 0 N–H and O–H groups in total. The smallest absolute Gasteiger partial charge is 0.203 e. The second kappa shape index (κ2) is 8.36. The summed E-state index contributed by atoms with van der Waals surface area (Å²) < 4.78 is 12.8. The number of carbonyl (C=O) groups is 1. The van der Waals surface area contributed by atoms with E-state index in [2.05, 4.69) is 5.10 Å². The number of nitrogens with zero attached hydrogens (tertiary/aromatic N) is 2. The zero-order valence-corrected chi connectivity index (χ0v) is 15.7. The monoisotopic (exact) mass is 362 g/mol. The fourth-order valence-corrected chi connectivity index (χ4v) is 2.79. The number of para-hydroxylation sites is 1. The first-order valence-corrected chi connectivity index (χ1v) is 8.64. The summed E-state index contributed by atoms with van der Waals surface area (Å²) in [6.45, 7) is 2.24. The lowest BCUT2D eigenvalue weighted by Crippen LogP contribution is -2.04. The first-order valence-electron chi connectivity index (χ1n) is 8.64. The van der Waals surface area contributed by atoms with E-state index in [-0.39, 0.29) is 5.78 Å². The van der Waals surface area contributed by atoms with Crippen LogP contribution >= 0.6 is 0 Å². The van der Waals surface area contributed by atoms with E-state index in [1.807, 2.05) is 55.5 Å². The summed E-state index contributed by atoms with van der Waals surface area (Å²) in [4.78, 5) is 12.4. The summed E-state index contributed by atoms with van der Waals surface area (Å²) >= 11 is 0. The molecule has 0 radical (unpaired) electrons. The van der Waals surface area contributed by atoms with Crippen LogP contribution in [-0.2, 0) is 13.7 Å². The molecule has 3 rings (SSSR count). The lowest BCUT2D eigenvalue weighted by atomic mass is 10.1. The number of rotatable bonds is 7. The molecular formula is C22H22N2O3. The molecule has 0 bridgehead atoms. The van der Waals surface area contributed by atoms with Gasteiger partial charge in [-0.15, -0.1) is 0 Å². The third kappa shape index (κ3) is 4.64. The van der Waals surface area contributed by atoms with Crippen LogP contribution in [-0.4, -0.2) is 22.7 Å². The molecule has 0 amide bonds. The molecule has 1 heterocycles. The molecule has 0 fully saturated rings. The molecule has 0 aliphatic heterocycles. The summed E-state index contributed by atoms with van der Waals surface area (Å²) in [5.41, 5.74) is 3.19. The van der Waals surface area contributed by atoms with Crippen molar-refractivity contribution in [3.05, 3.63) is 83.2 Å². The molecule has 1 aromatic heterocycles. The van der Waals surface area contributed by atoms with Crippen LogP contribution in [0.15, 0.2) is 60.7 Å². The van der Waals surface area contributed by atoms with Gasteiger partial charge in [0.15, 0.2) is 0 Å². The maximum absolute atomic E-state index is 12.4. The fourth-order valence-electron chi connectivity index (χ4n) is 2.79. The molecule has 0 aliphatic carbocycles. The largest absolute Gasteiger partial charge is 0.496 e. The van der Waals surface area contributed by atoms with Crippen molar-refractivity contribution in [2.24, 2.45) is 7.05 Å². The number of allylic oxidation sites excluding steroid dienone is 1. The van der Waals surface area contributed by atoms with Crippen molar-refractivity contribution in [1.29, 1.82) is 0 Å². The number of aromatic nitrogens is 2. The number of aryl methyl sites for hydroxylation is 2. The topological polar surface area (TPSA) is 53.3 Å². The summed E-state index contributed by atoms with van der Waals surface area (Å²) in [6, 6.07) is 17.1. The predicted octanol–water partition coefficient (Wildman–Crippen LogP) is 4.21. The second-order valence-corrected chi connectivity index (χ2v) is 6.17. The third-order valence-electron chi connectivity index (χ3n) is 4.12. The minimum absolute atomic E-state index is 0.0870. The van der Waals surface area contributed by atoms with Crippen LogP contribution in [0, 0.1) is 6.92 Å². The molecule has 0 aliphatic rings. The molecule has 0 spiro atoms. The van der Waals surface area contributed by atoms with Crippen molar-refractivity contribution >= 4 is 11.9 Å². The molecule has 27 heavy (non-hydrogen) atoms. The third-order valence-corrected chi connectivity index (χ3v) is 4.12. The molecular weight excluding hydrogens is 340 g/mol. The Morgan fingerprint density at radius 3 is 2.59 bits per heavy atom. The van der Waals surface area contributed by atoms with Gasteiger partial charge >= 0.3 is 0 Å². The molecule has 0 atom stereocenters. The molecule has 5 heteroatoms. The summed E-state index contributed by atoms with van der Waals surface area (Å²) in [6.07, 6.45) is 3.34. The maximum atomic E-state index is 12.4. The van der Waals surface area contributed by atoms with Crippen molar-refractivity contribution in [3.63, 3.8) is 0 Å². The van der Waals surface area contributed by atoms with Gasteiger partial charge in [0.05, 0.1) is 12.8 Å². The number of ketones is 1. The number of ether oxygens (including phenoxy) is 2. The SMILES string of the molecule is COc1ccc(/C=C/C(=O)c2cc(C)nn2C)cc1COc1ccccc1. The van der Waals surface area contributed by atoms with Crippen LogP contribution in [0.3, 0.4) is 0 Å². The number of carbonyl (C=O) groups excluding carboxylic acids is 1. The van der Waals surface area contributed by atoms with Crippen molar-refractivity contribution in [1.82, 2.24) is 9.78 Å². The zero-order chi connectivity index (χ0) is 19.2. The molecule has 0 saturated heterocycles. The van der Waals surface area contributed by atoms with Gasteiger partial charge in [0, 0.05) is 12.6 Å². The van der Waals surface area contributed by atoms with Crippen LogP contribution in [0.1, 0.15) is 27.3 Å². The average molecular weight is 362 g/mol. The number of hydrogen-bond donors (Lipinski definition) is 0. The summed E-state index contributed by atoms with van der Waals surface area (Å²) in [5.74, 6) is 1.45. The first kappa shape index (κ1) is 18.5. The summed E-state index contributed by atoms with van der Waals surface area (Å²) in [5, 5.41) is 4.21. The fraction of sp³-hybridized carbons (Fsp3) is 0.182. The van der Waals surface area contributed by atoms with Gasteiger partial charge < -0.3 is 9.47 Å². The van der Waals surface area contributed by atoms with Gasteiger partial charge in [-0.05, 0) is 48.9 Å². The van der Waals surface area contributed by atoms with E-state index in [0.29, 0.717) is 12.3 Å². The molecule has 5 nitrogen and oxygen atoms in total. The van der Waals surface area contributed by atoms with Crippen LogP contribution in [0.4, 0.5) is 0 Å². The molecule has 0 saturated carbocycles. The van der Waals surface area contributed by atoms with Gasteiger partial charge in [-0.25, -0.2) is 0 Å². The van der Waals surface area contributed by atoms with E-state index in [4.69, 9.17) is 9.47 Å². The minimum atomic E-state index is -0.0870. The van der Waals surface area contributed by atoms with E-state index < -0.39 is 0 Å². The maximum Gasteiger partial charge on any atom is 0.203 e. The van der Waals surface area contributed by atoms with Crippen molar-refractivity contribution in [2.75, 3.05) is 7.11 Å². The van der Waals surface area contributed by atoms with E-state index >= 15 is 0 Å². The number of benzene rings is 2. The van der Waals surface area contributed by atoms with Gasteiger partial charge in [0.1, 0.15) is 23.8 Å². The molecule has 3 aromatic rings. The lowest BCUT2D eigenvalue weighted by Gasteiger charge is -2.11. The highest BCUT2D eigenvalue weighted by atomic mass is 16.5. The van der Waals surface area contributed by atoms with Crippen molar-refractivity contribution in [3.8, 4) is 11.5 Å². The van der Waals surface area contributed by atoms with Crippen LogP contribution in [0.25, 0.3) is 6.08 Å². The van der Waals surface area contributed by atoms with E-state index in [9.17, 15) is 4.79 Å². The highest BCUT2D eigenvalue weighted by Crippen LogP contribution is 2.23. The van der Waals surface area contributed by atoms with E-state index in [1.165, 1.54) is 0 Å². The van der Waals surface area contributed by atoms with Gasteiger partial charge in [-0.2, -0.15) is 5.10 Å².